The number of rotatable bonds is 5. The van der Waals surface area contributed by atoms with Gasteiger partial charge in [0.1, 0.15) is 5.75 Å². The third-order valence-corrected chi connectivity index (χ3v) is 5.91. The Bertz CT molecular complexity index is 803. The fourth-order valence-electron chi connectivity index (χ4n) is 2.71. The Labute approximate surface area is 145 Å². The predicted molar refractivity (Wildman–Crippen MR) is 93.3 cm³/mol. The van der Waals surface area contributed by atoms with Crippen LogP contribution >= 0.6 is 15.9 Å². The van der Waals surface area contributed by atoms with Crippen molar-refractivity contribution in [1.29, 1.82) is 0 Å². The molecule has 1 N–H and O–H groups in total. The molecule has 23 heavy (non-hydrogen) atoms. The highest BCUT2D eigenvalue weighted by atomic mass is 79.9. The molecule has 0 bridgehead atoms. The first kappa shape index (κ1) is 16.5. The first-order chi connectivity index (χ1) is 10.9. The molecule has 1 heterocycles. The molecular weight excluding hydrogens is 378 g/mol. The van der Waals surface area contributed by atoms with Crippen molar-refractivity contribution in [1.82, 2.24) is 4.72 Å². The number of hydrogen-bond donors (Lipinski definition) is 1. The van der Waals surface area contributed by atoms with Crippen molar-refractivity contribution in [3.05, 3.63) is 58.1 Å². The van der Waals surface area contributed by atoms with Gasteiger partial charge in [-0.2, -0.15) is 0 Å². The van der Waals surface area contributed by atoms with E-state index in [-0.39, 0.29) is 10.9 Å². The minimum absolute atomic E-state index is 0.191. The molecule has 1 unspecified atom stereocenters. The number of nitrogens with one attached hydrogen (secondary N) is 1. The lowest BCUT2D eigenvalue weighted by molar-refractivity contribution is 0.357. The standard InChI is InChI=1S/C17H18BrNO3S/c1-12(10-13-2-7-17-14(11-13)8-9-22-17)19-23(20,21)16-5-3-15(18)4-6-16/h2-7,11-12,19H,8-10H2,1H3. The van der Waals surface area contributed by atoms with E-state index in [1.165, 1.54) is 5.56 Å². The van der Waals surface area contributed by atoms with Crippen molar-refractivity contribution >= 4 is 26.0 Å². The maximum absolute atomic E-state index is 12.4. The Morgan fingerprint density at radius 2 is 1.96 bits per heavy atom. The molecule has 0 saturated carbocycles. The number of ether oxygens (including phenoxy) is 1. The quantitative estimate of drug-likeness (QED) is 0.844. The van der Waals surface area contributed by atoms with Crippen LogP contribution in [0.3, 0.4) is 0 Å². The molecule has 0 saturated heterocycles. The van der Waals surface area contributed by atoms with E-state index in [1.807, 2.05) is 19.1 Å². The summed E-state index contributed by atoms with van der Waals surface area (Å²) >= 11 is 3.31. The van der Waals surface area contributed by atoms with E-state index in [0.717, 1.165) is 28.8 Å². The van der Waals surface area contributed by atoms with E-state index in [0.29, 0.717) is 6.42 Å². The number of hydrogen-bond acceptors (Lipinski definition) is 3. The van der Waals surface area contributed by atoms with Crippen LogP contribution in [0.25, 0.3) is 0 Å². The third-order valence-electron chi connectivity index (χ3n) is 3.78. The number of halogens is 1. The second-order valence-corrected chi connectivity index (χ2v) is 8.35. The average Bonchev–Trinajstić information content (AvgIpc) is 2.94. The van der Waals surface area contributed by atoms with Gasteiger partial charge in [0.25, 0.3) is 0 Å². The Hall–Kier alpha value is -1.37. The van der Waals surface area contributed by atoms with E-state index in [1.54, 1.807) is 24.3 Å². The van der Waals surface area contributed by atoms with E-state index < -0.39 is 10.0 Å². The van der Waals surface area contributed by atoms with Gasteiger partial charge in [-0.15, -0.1) is 0 Å². The lowest BCUT2D eigenvalue weighted by atomic mass is 10.0. The number of benzene rings is 2. The van der Waals surface area contributed by atoms with Crippen LogP contribution in [0.5, 0.6) is 5.75 Å². The largest absolute Gasteiger partial charge is 0.493 e. The molecule has 1 aliphatic heterocycles. The average molecular weight is 396 g/mol. The molecule has 6 heteroatoms. The van der Waals surface area contributed by atoms with E-state index in [2.05, 4.69) is 26.7 Å². The summed E-state index contributed by atoms with van der Waals surface area (Å²) in [6, 6.07) is 12.5. The smallest absolute Gasteiger partial charge is 0.240 e. The first-order valence-corrected chi connectivity index (χ1v) is 9.74. The van der Waals surface area contributed by atoms with Crippen LogP contribution < -0.4 is 9.46 Å². The van der Waals surface area contributed by atoms with Crippen molar-refractivity contribution in [3.63, 3.8) is 0 Å². The van der Waals surface area contributed by atoms with Gasteiger partial charge in [0.05, 0.1) is 11.5 Å². The molecule has 2 aromatic rings. The van der Waals surface area contributed by atoms with Crippen molar-refractivity contribution in [3.8, 4) is 5.75 Å². The first-order valence-electron chi connectivity index (χ1n) is 7.46. The molecule has 0 aromatic heterocycles. The molecule has 1 atom stereocenters. The molecule has 2 aromatic carbocycles. The zero-order valence-corrected chi connectivity index (χ0v) is 15.2. The molecule has 0 fully saturated rings. The highest BCUT2D eigenvalue weighted by Crippen LogP contribution is 2.26. The number of fused-ring (bicyclic) bond motifs is 1. The molecule has 122 valence electrons. The van der Waals surface area contributed by atoms with Crippen LogP contribution in [-0.2, 0) is 22.9 Å². The fraction of sp³-hybridized carbons (Fsp3) is 0.294. The lowest BCUT2D eigenvalue weighted by Gasteiger charge is -2.15. The van der Waals surface area contributed by atoms with Crippen molar-refractivity contribution in [2.24, 2.45) is 0 Å². The van der Waals surface area contributed by atoms with Gasteiger partial charge < -0.3 is 4.74 Å². The van der Waals surface area contributed by atoms with Gasteiger partial charge in [0.15, 0.2) is 0 Å². The maximum Gasteiger partial charge on any atom is 0.240 e. The Morgan fingerprint density at radius 1 is 1.22 bits per heavy atom. The second kappa shape index (κ2) is 6.63. The SMILES string of the molecule is CC(Cc1ccc2c(c1)CCO2)NS(=O)(=O)c1ccc(Br)cc1. The zero-order chi connectivity index (χ0) is 16.4. The Balaban J connectivity index is 1.69. The van der Waals surface area contributed by atoms with Gasteiger partial charge in [-0.3, -0.25) is 0 Å². The van der Waals surface area contributed by atoms with Crippen LogP contribution in [0.1, 0.15) is 18.1 Å². The predicted octanol–water partition coefficient (Wildman–Crippen LogP) is 3.29. The van der Waals surface area contributed by atoms with Crippen LogP contribution in [0, 0.1) is 0 Å². The van der Waals surface area contributed by atoms with Gasteiger partial charge in [-0.1, -0.05) is 28.1 Å². The van der Waals surface area contributed by atoms with Gasteiger partial charge in [0, 0.05) is 16.9 Å². The monoisotopic (exact) mass is 395 g/mol. The summed E-state index contributed by atoms with van der Waals surface area (Å²) in [5, 5.41) is 0. The van der Waals surface area contributed by atoms with Gasteiger partial charge >= 0.3 is 0 Å². The second-order valence-electron chi connectivity index (χ2n) is 5.72. The van der Waals surface area contributed by atoms with Crippen LogP contribution in [-0.4, -0.2) is 21.1 Å². The summed E-state index contributed by atoms with van der Waals surface area (Å²) in [5.41, 5.74) is 2.31. The van der Waals surface area contributed by atoms with E-state index >= 15 is 0 Å². The van der Waals surface area contributed by atoms with Crippen molar-refractivity contribution < 1.29 is 13.2 Å². The van der Waals surface area contributed by atoms with Gasteiger partial charge in [0.2, 0.25) is 10.0 Å². The molecule has 0 aliphatic carbocycles. The minimum atomic E-state index is -3.50. The topological polar surface area (TPSA) is 55.4 Å². The molecular formula is C17H18BrNO3S. The minimum Gasteiger partial charge on any atom is -0.493 e. The van der Waals surface area contributed by atoms with Crippen molar-refractivity contribution in [2.45, 2.75) is 30.7 Å². The highest BCUT2D eigenvalue weighted by molar-refractivity contribution is 9.10. The van der Waals surface area contributed by atoms with E-state index in [4.69, 9.17) is 4.74 Å². The normalized spacial score (nSPS) is 15.0. The molecule has 0 radical (unpaired) electrons. The highest BCUT2D eigenvalue weighted by Gasteiger charge is 2.18. The van der Waals surface area contributed by atoms with Crippen LogP contribution in [0.2, 0.25) is 0 Å². The van der Waals surface area contributed by atoms with Gasteiger partial charge in [-0.05, 0) is 54.8 Å². The molecule has 0 amide bonds. The Morgan fingerprint density at radius 3 is 2.70 bits per heavy atom. The summed E-state index contributed by atoms with van der Waals surface area (Å²) in [5.74, 6) is 0.942. The van der Waals surface area contributed by atoms with E-state index in [9.17, 15) is 8.42 Å². The fourth-order valence-corrected chi connectivity index (χ4v) is 4.22. The molecule has 1 aliphatic rings. The van der Waals surface area contributed by atoms with Crippen molar-refractivity contribution in [2.75, 3.05) is 6.61 Å². The van der Waals surface area contributed by atoms with Gasteiger partial charge in [-0.25, -0.2) is 13.1 Å². The summed E-state index contributed by atoms with van der Waals surface area (Å²) < 4.78 is 33.8. The van der Waals surface area contributed by atoms with Crippen LogP contribution in [0.15, 0.2) is 51.8 Å². The molecule has 4 nitrogen and oxygen atoms in total. The lowest BCUT2D eigenvalue weighted by Crippen LogP contribution is -2.34. The maximum atomic E-state index is 12.4. The molecule has 0 spiro atoms. The Kier molecular flexibility index (Phi) is 4.75. The molecule has 3 rings (SSSR count). The summed E-state index contributed by atoms with van der Waals surface area (Å²) in [7, 11) is -3.50. The van der Waals surface area contributed by atoms with Crippen LogP contribution in [0.4, 0.5) is 0 Å². The summed E-state index contributed by atoms with van der Waals surface area (Å²) in [6.07, 6.45) is 1.56. The zero-order valence-electron chi connectivity index (χ0n) is 12.8. The number of sulfonamides is 1. The summed E-state index contributed by atoms with van der Waals surface area (Å²) in [4.78, 5) is 0.273. The third kappa shape index (κ3) is 3.94. The summed E-state index contributed by atoms with van der Waals surface area (Å²) in [6.45, 7) is 2.60.